The Morgan fingerprint density at radius 3 is 2.59 bits per heavy atom. The molecule has 0 aromatic carbocycles. The summed E-state index contributed by atoms with van der Waals surface area (Å²) < 4.78 is 5.63. The topological polar surface area (TPSA) is 66.8 Å². The molecule has 2 N–H and O–H groups in total. The van der Waals surface area contributed by atoms with E-state index in [1.54, 1.807) is 0 Å². The highest BCUT2D eigenvalue weighted by Crippen LogP contribution is 2.74. The third kappa shape index (κ3) is 2.61. The van der Waals surface area contributed by atoms with E-state index in [2.05, 4.69) is 13.8 Å². The molecule has 164 valence electrons. The standard InChI is InChI=1S/C24H37ClO4/c1-13(29-14(2)26)17-4-5-18-16-10-20-21(27)12-23(19(16)7-8-22(17,18)3)9-6-15(25)11-24(20,23)28/h13,15-21,27-28H,4-12H2,1-3H3/t13-,15+,16+,17-,18+,19+,20+,21?,22-,23+,24+/m1/s1. The molecule has 5 saturated carbocycles. The summed E-state index contributed by atoms with van der Waals surface area (Å²) in [6.07, 6.45) is 8.39. The van der Waals surface area contributed by atoms with Gasteiger partial charge >= 0.3 is 5.97 Å². The lowest BCUT2D eigenvalue weighted by molar-refractivity contribution is -0.214. The van der Waals surface area contributed by atoms with Gasteiger partial charge in [0, 0.05) is 29.6 Å². The molecule has 0 aliphatic heterocycles. The molecule has 0 amide bonds. The molecule has 0 radical (unpaired) electrons. The minimum Gasteiger partial charge on any atom is -0.463 e. The molecule has 0 saturated heterocycles. The van der Waals surface area contributed by atoms with Crippen molar-refractivity contribution in [3.05, 3.63) is 0 Å². The Morgan fingerprint density at radius 2 is 1.86 bits per heavy atom. The first-order valence-electron chi connectivity index (χ1n) is 11.8. The van der Waals surface area contributed by atoms with Gasteiger partial charge in [0.2, 0.25) is 0 Å². The summed E-state index contributed by atoms with van der Waals surface area (Å²) in [5.41, 5.74) is -0.739. The Morgan fingerprint density at radius 1 is 1.10 bits per heavy atom. The first-order valence-corrected chi connectivity index (χ1v) is 12.3. The summed E-state index contributed by atoms with van der Waals surface area (Å²) in [5.74, 6) is 1.86. The van der Waals surface area contributed by atoms with Crippen molar-refractivity contribution in [2.45, 2.75) is 102 Å². The van der Waals surface area contributed by atoms with Gasteiger partial charge in [0.25, 0.3) is 0 Å². The molecule has 5 aliphatic carbocycles. The Kier molecular flexibility index (Phi) is 4.68. The third-order valence-electron chi connectivity index (χ3n) is 10.6. The zero-order chi connectivity index (χ0) is 20.8. The molecular formula is C24H37ClO4. The van der Waals surface area contributed by atoms with E-state index in [-0.39, 0.29) is 34.2 Å². The first kappa shape index (κ1) is 20.6. The Hall–Kier alpha value is -0.320. The number of hydrogen-bond donors (Lipinski definition) is 2. The van der Waals surface area contributed by atoms with Gasteiger partial charge in [-0.25, -0.2) is 0 Å². The Bertz CT molecular complexity index is 698. The summed E-state index contributed by atoms with van der Waals surface area (Å²) in [6.45, 7) is 6.01. The van der Waals surface area contributed by atoms with E-state index >= 15 is 0 Å². The normalized spacial score (nSPS) is 56.8. The number of carbonyl (C=O) groups is 1. The summed E-state index contributed by atoms with van der Waals surface area (Å²) in [5, 5.41) is 22.9. The van der Waals surface area contributed by atoms with Crippen LogP contribution in [-0.2, 0) is 9.53 Å². The molecule has 0 spiro atoms. The van der Waals surface area contributed by atoms with E-state index in [1.165, 1.54) is 13.3 Å². The van der Waals surface area contributed by atoms with Gasteiger partial charge in [-0.2, -0.15) is 0 Å². The van der Waals surface area contributed by atoms with Crippen LogP contribution in [0.15, 0.2) is 0 Å². The summed E-state index contributed by atoms with van der Waals surface area (Å²) >= 11 is 6.53. The smallest absolute Gasteiger partial charge is 0.302 e. The van der Waals surface area contributed by atoms with Gasteiger partial charge in [-0.15, -0.1) is 11.6 Å². The van der Waals surface area contributed by atoms with Crippen LogP contribution in [0, 0.1) is 40.4 Å². The van der Waals surface area contributed by atoms with Crippen molar-refractivity contribution >= 4 is 17.6 Å². The number of alkyl halides is 1. The predicted octanol–water partition coefficient (Wildman–Crippen LogP) is 4.29. The number of carbonyl (C=O) groups excluding carboxylic acids is 1. The number of aliphatic hydroxyl groups excluding tert-OH is 1. The number of esters is 1. The van der Waals surface area contributed by atoms with Crippen molar-refractivity contribution in [2.24, 2.45) is 40.4 Å². The number of aliphatic hydroxyl groups is 2. The molecule has 5 rings (SSSR count). The maximum absolute atomic E-state index is 11.9. The predicted molar refractivity (Wildman–Crippen MR) is 111 cm³/mol. The molecule has 29 heavy (non-hydrogen) atoms. The summed E-state index contributed by atoms with van der Waals surface area (Å²) in [6, 6.07) is 0. The molecule has 0 heterocycles. The second-order valence-electron chi connectivity index (χ2n) is 11.5. The van der Waals surface area contributed by atoms with Crippen LogP contribution >= 0.6 is 11.6 Å². The number of halogens is 1. The molecule has 4 nitrogen and oxygen atoms in total. The second-order valence-corrected chi connectivity index (χ2v) is 12.1. The highest BCUT2D eigenvalue weighted by atomic mass is 35.5. The van der Waals surface area contributed by atoms with E-state index in [1.807, 2.05) is 0 Å². The number of fused-ring (bicyclic) bond motifs is 3. The fraction of sp³-hybridized carbons (Fsp3) is 0.958. The van der Waals surface area contributed by atoms with Crippen LogP contribution in [0.4, 0.5) is 0 Å². The van der Waals surface area contributed by atoms with Gasteiger partial charge in [-0.05, 0) is 87.9 Å². The number of rotatable bonds is 2. The Labute approximate surface area is 179 Å². The lowest BCUT2D eigenvalue weighted by atomic mass is 9.43. The maximum atomic E-state index is 11.9. The van der Waals surface area contributed by atoms with Crippen LogP contribution in [0.2, 0.25) is 0 Å². The first-order chi connectivity index (χ1) is 13.6. The van der Waals surface area contributed by atoms with E-state index in [0.717, 1.165) is 44.9 Å². The summed E-state index contributed by atoms with van der Waals surface area (Å²) in [4.78, 5) is 11.6. The average molecular weight is 425 g/mol. The fourth-order valence-corrected chi connectivity index (χ4v) is 10.0. The Balaban J connectivity index is 1.47. The van der Waals surface area contributed by atoms with E-state index in [0.29, 0.717) is 30.1 Å². The average Bonchev–Trinajstić information content (AvgIpc) is 3.03. The molecule has 2 bridgehead atoms. The van der Waals surface area contributed by atoms with Crippen LogP contribution in [0.5, 0.6) is 0 Å². The minimum atomic E-state index is -0.783. The van der Waals surface area contributed by atoms with Crippen molar-refractivity contribution < 1.29 is 19.7 Å². The zero-order valence-electron chi connectivity index (χ0n) is 18.1. The molecule has 1 unspecified atom stereocenters. The number of ether oxygens (including phenoxy) is 1. The lowest BCUT2D eigenvalue weighted by Crippen LogP contribution is -2.64. The van der Waals surface area contributed by atoms with Gasteiger partial charge in [0.15, 0.2) is 0 Å². The van der Waals surface area contributed by atoms with Crippen LogP contribution in [0.25, 0.3) is 0 Å². The number of hydrogen-bond acceptors (Lipinski definition) is 4. The van der Waals surface area contributed by atoms with Gasteiger partial charge in [-0.3, -0.25) is 4.79 Å². The van der Waals surface area contributed by atoms with Crippen LogP contribution < -0.4 is 0 Å². The molecule has 11 atom stereocenters. The largest absolute Gasteiger partial charge is 0.463 e. The van der Waals surface area contributed by atoms with Gasteiger partial charge in [0.1, 0.15) is 6.10 Å². The van der Waals surface area contributed by atoms with Crippen molar-refractivity contribution in [2.75, 3.05) is 0 Å². The highest BCUT2D eigenvalue weighted by molar-refractivity contribution is 6.20. The summed E-state index contributed by atoms with van der Waals surface area (Å²) in [7, 11) is 0. The molecular weight excluding hydrogens is 388 g/mol. The highest BCUT2D eigenvalue weighted by Gasteiger charge is 2.73. The van der Waals surface area contributed by atoms with Crippen molar-refractivity contribution in [3.63, 3.8) is 0 Å². The monoisotopic (exact) mass is 424 g/mol. The minimum absolute atomic E-state index is 0.0300. The third-order valence-corrected chi connectivity index (χ3v) is 11.0. The van der Waals surface area contributed by atoms with E-state index in [4.69, 9.17) is 16.3 Å². The fourth-order valence-electron chi connectivity index (χ4n) is 9.67. The molecule has 5 aliphatic rings. The zero-order valence-corrected chi connectivity index (χ0v) is 18.8. The van der Waals surface area contributed by atoms with E-state index in [9.17, 15) is 15.0 Å². The van der Waals surface area contributed by atoms with Gasteiger partial charge in [0.05, 0.1) is 11.7 Å². The molecule has 5 heteroatoms. The molecule has 0 aromatic rings. The van der Waals surface area contributed by atoms with Gasteiger partial charge < -0.3 is 14.9 Å². The van der Waals surface area contributed by atoms with Crippen LogP contribution in [0.3, 0.4) is 0 Å². The maximum Gasteiger partial charge on any atom is 0.302 e. The van der Waals surface area contributed by atoms with Crippen molar-refractivity contribution in [3.8, 4) is 0 Å². The lowest BCUT2D eigenvalue weighted by Gasteiger charge is -2.63. The van der Waals surface area contributed by atoms with E-state index < -0.39 is 11.7 Å². The molecule has 0 aromatic heterocycles. The van der Waals surface area contributed by atoms with Crippen LogP contribution in [0.1, 0.15) is 78.6 Å². The molecule has 5 fully saturated rings. The van der Waals surface area contributed by atoms with Gasteiger partial charge in [-0.1, -0.05) is 6.92 Å². The van der Waals surface area contributed by atoms with Crippen molar-refractivity contribution in [1.82, 2.24) is 0 Å². The van der Waals surface area contributed by atoms with Crippen LogP contribution in [-0.4, -0.2) is 39.4 Å². The SMILES string of the molecule is CC(=O)O[C@H](C)[C@H]1CC[C@H]2[C@@H]3C[C@H]4C(O)C[C@@]5(CC[C@H](Cl)C[C@]45O)[C@H]3CC[C@]12C. The van der Waals surface area contributed by atoms with Crippen molar-refractivity contribution in [1.29, 1.82) is 0 Å². The quantitative estimate of drug-likeness (QED) is 0.512. The second kappa shape index (κ2) is 6.59.